The smallest absolute Gasteiger partial charge is 0.407 e. The first-order valence-electron chi connectivity index (χ1n) is 11.1. The number of primary amides is 1. The Labute approximate surface area is 196 Å². The van der Waals surface area contributed by atoms with Gasteiger partial charge in [0.25, 0.3) is 5.91 Å². The maximum Gasteiger partial charge on any atom is 0.407 e. The zero-order valence-electron chi connectivity index (χ0n) is 19.4. The Morgan fingerprint density at radius 1 is 1.18 bits per heavy atom. The summed E-state index contributed by atoms with van der Waals surface area (Å²) in [6.45, 7) is 6.11. The van der Waals surface area contributed by atoms with Gasteiger partial charge in [-0.2, -0.15) is 5.10 Å². The number of rotatable bonds is 6. The normalized spacial score (nSPS) is 12.6. The number of aryl methyl sites for hydroxylation is 2. The van der Waals surface area contributed by atoms with Gasteiger partial charge in [-0.1, -0.05) is 0 Å². The van der Waals surface area contributed by atoms with Gasteiger partial charge in [0.2, 0.25) is 0 Å². The number of nitrogens with one attached hydrogen (secondary N) is 1. The molecule has 4 rings (SSSR count). The number of aromatic nitrogens is 4. The lowest BCUT2D eigenvalue weighted by Gasteiger charge is -2.19. The average molecular weight is 467 g/mol. The molecule has 0 spiro atoms. The van der Waals surface area contributed by atoms with Crippen LogP contribution < -0.4 is 11.1 Å². The minimum Gasteiger partial charge on any atom is -0.449 e. The van der Waals surface area contributed by atoms with Gasteiger partial charge in [0.15, 0.2) is 5.82 Å². The third-order valence-electron chi connectivity index (χ3n) is 5.34. The third-order valence-corrected chi connectivity index (χ3v) is 5.34. The second-order valence-corrected chi connectivity index (χ2v) is 9.20. The Bertz CT molecular complexity index is 1230. The topological polar surface area (TPSA) is 125 Å². The van der Waals surface area contributed by atoms with Crippen LogP contribution in [-0.4, -0.2) is 43.9 Å². The summed E-state index contributed by atoms with van der Waals surface area (Å²) in [6.07, 6.45) is 2.93. The molecule has 1 aromatic carbocycles. The predicted molar refractivity (Wildman–Crippen MR) is 123 cm³/mol. The predicted octanol–water partition coefficient (Wildman–Crippen LogP) is 3.26. The maximum atomic E-state index is 13.3. The minimum absolute atomic E-state index is 0.165. The highest BCUT2D eigenvalue weighted by Gasteiger charge is 2.29. The van der Waals surface area contributed by atoms with Crippen molar-refractivity contribution in [3.63, 3.8) is 0 Å². The lowest BCUT2D eigenvalue weighted by molar-refractivity contribution is 0.0986. The Kier molecular flexibility index (Phi) is 6.32. The summed E-state index contributed by atoms with van der Waals surface area (Å²) in [5.41, 5.74) is 9.21. The number of hydrogen-bond donors (Lipinski definition) is 2. The van der Waals surface area contributed by atoms with Crippen LogP contribution in [0.2, 0.25) is 0 Å². The van der Waals surface area contributed by atoms with Gasteiger partial charge in [-0.05, 0) is 63.4 Å². The number of fused-ring (bicyclic) bond motifs is 3. The Morgan fingerprint density at radius 2 is 1.91 bits per heavy atom. The monoisotopic (exact) mass is 466 g/mol. The molecule has 0 saturated heterocycles. The lowest BCUT2D eigenvalue weighted by Crippen LogP contribution is -2.41. The van der Waals surface area contributed by atoms with Crippen molar-refractivity contribution in [1.29, 1.82) is 0 Å². The highest BCUT2D eigenvalue weighted by molar-refractivity contribution is 5.95. The molecule has 1 aliphatic rings. The van der Waals surface area contributed by atoms with Gasteiger partial charge in [0.1, 0.15) is 17.2 Å². The van der Waals surface area contributed by atoms with Crippen molar-refractivity contribution in [2.75, 3.05) is 6.61 Å². The number of halogens is 1. The molecule has 0 fully saturated rings. The number of nitrogens with two attached hydrogens (primary N) is 1. The van der Waals surface area contributed by atoms with Crippen molar-refractivity contribution in [2.24, 2.45) is 5.73 Å². The molecule has 2 heterocycles. The summed E-state index contributed by atoms with van der Waals surface area (Å²) in [7, 11) is 0. The number of carbonyl (C=O) groups excluding carboxylic acids is 2. The van der Waals surface area contributed by atoms with Crippen molar-refractivity contribution < 1.29 is 18.7 Å². The summed E-state index contributed by atoms with van der Waals surface area (Å²) >= 11 is 0. The van der Waals surface area contributed by atoms with E-state index in [-0.39, 0.29) is 18.0 Å². The fourth-order valence-electron chi connectivity index (χ4n) is 3.88. The highest BCUT2D eigenvalue weighted by Crippen LogP contribution is 2.34. The third kappa shape index (κ3) is 5.05. The summed E-state index contributed by atoms with van der Waals surface area (Å²) in [5, 5.41) is 7.38. The fourth-order valence-corrected chi connectivity index (χ4v) is 3.88. The van der Waals surface area contributed by atoms with Gasteiger partial charge in [0.05, 0.1) is 12.3 Å². The largest absolute Gasteiger partial charge is 0.449 e. The summed E-state index contributed by atoms with van der Waals surface area (Å²) in [6, 6.07) is 5.94. The molecule has 10 heteroatoms. The van der Waals surface area contributed by atoms with E-state index >= 15 is 0 Å². The van der Waals surface area contributed by atoms with Gasteiger partial charge in [-0.15, -0.1) is 0 Å². The lowest BCUT2D eigenvalue weighted by atomic mass is 9.93. The van der Waals surface area contributed by atoms with Gasteiger partial charge in [0, 0.05) is 35.8 Å². The van der Waals surface area contributed by atoms with E-state index in [1.165, 1.54) is 12.1 Å². The van der Waals surface area contributed by atoms with Crippen LogP contribution >= 0.6 is 0 Å². The van der Waals surface area contributed by atoms with E-state index in [0.29, 0.717) is 54.3 Å². The molecule has 1 aliphatic carbocycles. The maximum absolute atomic E-state index is 13.3. The second-order valence-electron chi connectivity index (χ2n) is 9.20. The van der Waals surface area contributed by atoms with Crippen LogP contribution in [0.4, 0.5) is 9.18 Å². The molecule has 9 nitrogen and oxygen atoms in total. The van der Waals surface area contributed by atoms with Crippen LogP contribution in [0.5, 0.6) is 0 Å². The van der Waals surface area contributed by atoms with Crippen molar-refractivity contribution in [3.8, 4) is 22.8 Å². The van der Waals surface area contributed by atoms with Crippen molar-refractivity contribution in [2.45, 2.75) is 52.1 Å². The van der Waals surface area contributed by atoms with E-state index in [0.717, 1.165) is 11.1 Å². The molecule has 3 N–H and O–H groups in total. The van der Waals surface area contributed by atoms with Crippen molar-refractivity contribution in [1.82, 2.24) is 25.1 Å². The quantitative estimate of drug-likeness (QED) is 0.537. The van der Waals surface area contributed by atoms with E-state index in [1.54, 1.807) is 23.0 Å². The van der Waals surface area contributed by atoms with Crippen molar-refractivity contribution in [3.05, 3.63) is 53.1 Å². The summed E-state index contributed by atoms with van der Waals surface area (Å²) in [4.78, 5) is 33.2. The molecule has 3 aromatic rings. The van der Waals surface area contributed by atoms with Crippen LogP contribution in [0, 0.1) is 5.82 Å². The molecule has 0 saturated carbocycles. The molecule has 0 unspecified atom stereocenters. The van der Waals surface area contributed by atoms with Crippen LogP contribution in [-0.2, 0) is 24.1 Å². The number of carbonyl (C=O) groups is 2. The molecule has 178 valence electrons. The average Bonchev–Trinajstić information content (AvgIpc) is 3.15. The number of nitrogens with zero attached hydrogens (tertiary/aromatic N) is 4. The second kappa shape index (κ2) is 9.20. The first-order valence-corrected chi connectivity index (χ1v) is 11.1. The minimum atomic E-state index is -0.573. The Balaban J connectivity index is 1.57. The zero-order chi connectivity index (χ0) is 24.5. The first-order chi connectivity index (χ1) is 16.1. The first kappa shape index (κ1) is 23.3. The van der Waals surface area contributed by atoms with Crippen molar-refractivity contribution >= 4 is 12.0 Å². The number of alkyl carbamates (subject to hydrolysis) is 1. The zero-order valence-corrected chi connectivity index (χ0v) is 19.4. The van der Waals surface area contributed by atoms with Gasteiger partial charge >= 0.3 is 6.09 Å². The van der Waals surface area contributed by atoms with E-state index in [1.807, 2.05) is 20.8 Å². The van der Waals surface area contributed by atoms with Gasteiger partial charge < -0.3 is 15.8 Å². The summed E-state index contributed by atoms with van der Waals surface area (Å²) in [5.74, 6) is -0.467. The van der Waals surface area contributed by atoms with E-state index in [2.05, 4.69) is 20.4 Å². The summed E-state index contributed by atoms with van der Waals surface area (Å²) < 4.78 is 20.1. The van der Waals surface area contributed by atoms with E-state index < -0.39 is 12.0 Å². The van der Waals surface area contributed by atoms with Gasteiger partial charge in [-0.3, -0.25) is 9.48 Å². The van der Waals surface area contributed by atoms with Crippen LogP contribution in [0.3, 0.4) is 0 Å². The molecule has 0 aliphatic heterocycles. The number of hydrogen-bond acceptors (Lipinski definition) is 6. The van der Waals surface area contributed by atoms with E-state index in [9.17, 15) is 14.0 Å². The number of amides is 2. The standard InChI is InChI=1S/C24H27FN6O3/c1-24(2,3)29-23(33)34-12-4-11-31-20(21(26)32)17-10-7-15-13-27-22(28-18(15)19(17)30-31)14-5-8-16(25)9-6-14/h5-6,8-9,13H,4,7,10-12H2,1-3H3,(H2,26,32)(H,29,33). The Hall–Kier alpha value is -3.82. The highest BCUT2D eigenvalue weighted by atomic mass is 19.1. The van der Waals surface area contributed by atoms with E-state index in [4.69, 9.17) is 10.5 Å². The molecule has 2 amide bonds. The van der Waals surface area contributed by atoms with Crippen LogP contribution in [0.15, 0.2) is 30.5 Å². The molecular weight excluding hydrogens is 439 g/mol. The number of ether oxygens (including phenoxy) is 1. The molecule has 34 heavy (non-hydrogen) atoms. The molecule has 0 bridgehead atoms. The molecule has 2 aromatic heterocycles. The fraction of sp³-hybridized carbons (Fsp3) is 0.375. The molecular formula is C24H27FN6O3. The molecule has 0 radical (unpaired) electrons. The van der Waals surface area contributed by atoms with Crippen LogP contribution in [0.25, 0.3) is 22.8 Å². The molecule has 0 atom stereocenters. The Morgan fingerprint density at radius 3 is 2.59 bits per heavy atom. The van der Waals surface area contributed by atoms with Gasteiger partial charge in [-0.25, -0.2) is 19.2 Å². The van der Waals surface area contributed by atoms with Crippen LogP contribution in [0.1, 0.15) is 48.8 Å². The SMILES string of the molecule is CC(C)(C)NC(=O)OCCCn1nc2c(c1C(N)=O)CCc1cnc(-c3ccc(F)cc3)nc1-2. The number of benzene rings is 1.